The van der Waals surface area contributed by atoms with E-state index in [0.717, 1.165) is 19.3 Å². The SMILES string of the molecule is CCOCCn1cc(C(=O)NC23CC4CC(CC(C4)C2)C3)c(=O)c2cccc(OCCF)c21. The Morgan fingerprint density at radius 3 is 2.48 bits per heavy atom. The van der Waals surface area contributed by atoms with Gasteiger partial charge in [0, 0.05) is 24.9 Å². The first-order valence-electron chi connectivity index (χ1n) is 12.3. The van der Waals surface area contributed by atoms with E-state index in [-0.39, 0.29) is 29.0 Å². The minimum Gasteiger partial charge on any atom is -0.489 e. The summed E-state index contributed by atoms with van der Waals surface area (Å²) in [7, 11) is 0. The van der Waals surface area contributed by atoms with E-state index in [1.54, 1.807) is 24.4 Å². The Balaban J connectivity index is 1.50. The molecule has 33 heavy (non-hydrogen) atoms. The third-order valence-electron chi connectivity index (χ3n) is 7.74. The van der Waals surface area contributed by atoms with Gasteiger partial charge in [0.15, 0.2) is 0 Å². The Morgan fingerprint density at radius 1 is 1.15 bits per heavy atom. The Bertz CT molecular complexity index is 1060. The second-order valence-corrected chi connectivity index (χ2v) is 10.1. The summed E-state index contributed by atoms with van der Waals surface area (Å²) in [4.78, 5) is 26.9. The number of nitrogens with one attached hydrogen (secondary N) is 1. The first-order valence-corrected chi connectivity index (χ1v) is 12.3. The Hall–Kier alpha value is -2.41. The molecule has 0 spiro atoms. The number of benzene rings is 1. The maximum absolute atomic E-state index is 13.5. The highest BCUT2D eigenvalue weighted by atomic mass is 19.1. The lowest BCUT2D eigenvalue weighted by molar-refractivity contribution is -0.0167. The molecular formula is C26H33FN2O4. The third kappa shape index (κ3) is 4.27. The van der Waals surface area contributed by atoms with Crippen LogP contribution in [0.4, 0.5) is 4.39 Å². The van der Waals surface area contributed by atoms with Crippen molar-refractivity contribution in [3.63, 3.8) is 0 Å². The molecule has 1 aromatic carbocycles. The van der Waals surface area contributed by atoms with Gasteiger partial charge in [-0.15, -0.1) is 0 Å². The minimum absolute atomic E-state index is 0.0903. The van der Waals surface area contributed by atoms with Crippen molar-refractivity contribution in [1.82, 2.24) is 9.88 Å². The van der Waals surface area contributed by atoms with E-state index < -0.39 is 6.67 Å². The summed E-state index contributed by atoms with van der Waals surface area (Å²) in [5, 5.41) is 3.73. The van der Waals surface area contributed by atoms with Crippen molar-refractivity contribution < 1.29 is 18.7 Å². The number of nitrogens with zero attached hydrogens (tertiary/aromatic N) is 1. The highest BCUT2D eigenvalue weighted by Crippen LogP contribution is 2.55. The minimum atomic E-state index is -0.620. The van der Waals surface area contributed by atoms with Crippen LogP contribution in [-0.4, -0.2) is 42.5 Å². The predicted octanol–water partition coefficient (Wildman–Crippen LogP) is 4.08. The van der Waals surface area contributed by atoms with Crippen LogP contribution in [0.5, 0.6) is 5.75 Å². The highest BCUT2D eigenvalue weighted by Gasteiger charge is 2.51. The molecule has 6 rings (SSSR count). The lowest BCUT2D eigenvalue weighted by Gasteiger charge is -2.56. The number of halogens is 1. The summed E-state index contributed by atoms with van der Waals surface area (Å²) in [6.07, 6.45) is 8.57. The van der Waals surface area contributed by atoms with Crippen LogP contribution in [0.15, 0.2) is 29.2 Å². The molecule has 0 atom stereocenters. The first kappa shape index (κ1) is 22.4. The first-order chi connectivity index (χ1) is 16.0. The summed E-state index contributed by atoms with van der Waals surface area (Å²) in [5.41, 5.74) is 0.236. The molecule has 1 aromatic heterocycles. The van der Waals surface area contributed by atoms with Crippen molar-refractivity contribution in [2.24, 2.45) is 17.8 Å². The number of para-hydroxylation sites is 1. The van der Waals surface area contributed by atoms with Crippen LogP contribution in [0, 0.1) is 17.8 Å². The van der Waals surface area contributed by atoms with Gasteiger partial charge in [0.1, 0.15) is 24.6 Å². The van der Waals surface area contributed by atoms with Gasteiger partial charge in [0.25, 0.3) is 5.91 Å². The molecular weight excluding hydrogens is 423 g/mol. The molecule has 2 aromatic rings. The van der Waals surface area contributed by atoms with Gasteiger partial charge < -0.3 is 19.4 Å². The Labute approximate surface area is 193 Å². The van der Waals surface area contributed by atoms with Gasteiger partial charge in [-0.05, 0) is 75.3 Å². The normalized spacial score (nSPS) is 27.8. The molecule has 178 valence electrons. The monoisotopic (exact) mass is 456 g/mol. The molecule has 0 aliphatic heterocycles. The van der Waals surface area contributed by atoms with E-state index in [0.29, 0.717) is 54.2 Å². The van der Waals surface area contributed by atoms with Crippen LogP contribution < -0.4 is 15.5 Å². The van der Waals surface area contributed by atoms with Crippen LogP contribution in [-0.2, 0) is 11.3 Å². The van der Waals surface area contributed by atoms with E-state index >= 15 is 0 Å². The molecule has 0 radical (unpaired) electrons. The number of hydrogen-bond donors (Lipinski definition) is 1. The van der Waals surface area contributed by atoms with Crippen molar-refractivity contribution >= 4 is 16.8 Å². The largest absolute Gasteiger partial charge is 0.489 e. The average Bonchev–Trinajstić information content (AvgIpc) is 2.78. The van der Waals surface area contributed by atoms with Gasteiger partial charge in [-0.2, -0.15) is 0 Å². The van der Waals surface area contributed by atoms with Crippen molar-refractivity contribution in [3.05, 3.63) is 40.2 Å². The second kappa shape index (κ2) is 9.09. The lowest BCUT2D eigenvalue weighted by Crippen LogP contribution is -2.60. The molecule has 4 aliphatic rings. The number of hydrogen-bond acceptors (Lipinski definition) is 4. The van der Waals surface area contributed by atoms with Crippen molar-refractivity contribution in [2.45, 2.75) is 57.5 Å². The zero-order chi connectivity index (χ0) is 23.0. The number of carbonyl (C=O) groups excluding carboxylic acids is 1. The smallest absolute Gasteiger partial charge is 0.257 e. The van der Waals surface area contributed by atoms with Crippen LogP contribution >= 0.6 is 0 Å². The Morgan fingerprint density at radius 2 is 1.85 bits per heavy atom. The molecule has 1 amide bonds. The predicted molar refractivity (Wildman–Crippen MR) is 125 cm³/mol. The topological polar surface area (TPSA) is 69.6 Å². The number of carbonyl (C=O) groups is 1. The number of fused-ring (bicyclic) bond motifs is 1. The fraction of sp³-hybridized carbons (Fsp3) is 0.615. The van der Waals surface area contributed by atoms with Gasteiger partial charge in [0.05, 0.1) is 17.5 Å². The van der Waals surface area contributed by atoms with Gasteiger partial charge in [-0.1, -0.05) is 6.07 Å². The summed E-state index contributed by atoms with van der Waals surface area (Å²) in [6.45, 7) is 2.67. The molecule has 4 bridgehead atoms. The van der Waals surface area contributed by atoms with Crippen LogP contribution in [0.3, 0.4) is 0 Å². The van der Waals surface area contributed by atoms with Gasteiger partial charge in [0.2, 0.25) is 5.43 Å². The average molecular weight is 457 g/mol. The summed E-state index contributed by atoms with van der Waals surface area (Å²) in [6, 6.07) is 5.15. The second-order valence-electron chi connectivity index (χ2n) is 10.1. The fourth-order valence-electron chi connectivity index (χ4n) is 6.91. The number of rotatable bonds is 9. The summed E-state index contributed by atoms with van der Waals surface area (Å²) >= 11 is 0. The summed E-state index contributed by atoms with van der Waals surface area (Å²) in [5.74, 6) is 2.25. The zero-order valence-electron chi connectivity index (χ0n) is 19.3. The molecule has 7 heteroatoms. The molecule has 0 saturated heterocycles. The van der Waals surface area contributed by atoms with Crippen LogP contribution in [0.2, 0.25) is 0 Å². The third-order valence-corrected chi connectivity index (χ3v) is 7.74. The zero-order valence-corrected chi connectivity index (χ0v) is 19.3. The molecule has 4 aliphatic carbocycles. The molecule has 4 saturated carbocycles. The fourth-order valence-corrected chi connectivity index (χ4v) is 6.91. The van der Waals surface area contributed by atoms with Crippen molar-refractivity contribution in [3.8, 4) is 5.75 Å². The number of pyridine rings is 1. The lowest BCUT2D eigenvalue weighted by atomic mass is 9.53. The molecule has 1 N–H and O–H groups in total. The molecule has 4 fully saturated rings. The molecule has 0 unspecified atom stereocenters. The van der Waals surface area contributed by atoms with E-state index in [9.17, 15) is 14.0 Å². The van der Waals surface area contributed by atoms with Crippen LogP contribution in [0.1, 0.15) is 55.8 Å². The van der Waals surface area contributed by atoms with Crippen molar-refractivity contribution in [1.29, 1.82) is 0 Å². The number of amides is 1. The quantitative estimate of drug-likeness (QED) is 0.577. The number of aromatic nitrogens is 1. The molecule has 1 heterocycles. The number of ether oxygens (including phenoxy) is 2. The van der Waals surface area contributed by atoms with E-state index in [4.69, 9.17) is 9.47 Å². The van der Waals surface area contributed by atoms with E-state index in [1.807, 2.05) is 11.5 Å². The van der Waals surface area contributed by atoms with E-state index in [1.165, 1.54) is 19.3 Å². The maximum atomic E-state index is 13.5. The van der Waals surface area contributed by atoms with Gasteiger partial charge >= 0.3 is 0 Å². The van der Waals surface area contributed by atoms with Crippen LogP contribution in [0.25, 0.3) is 10.9 Å². The van der Waals surface area contributed by atoms with Crippen molar-refractivity contribution in [2.75, 3.05) is 26.5 Å². The number of alkyl halides is 1. The summed E-state index contributed by atoms with van der Waals surface area (Å²) < 4.78 is 25.7. The van der Waals surface area contributed by atoms with E-state index in [2.05, 4.69) is 5.32 Å². The standard InChI is InChI=1S/C26H33FN2O4/c1-2-32-9-7-29-16-21(24(30)20-4-3-5-22(23(20)29)33-8-6-27)25(31)28-26-13-17-10-18(14-26)12-19(11-17)15-26/h3-5,16-19H,2,6-15H2,1H3,(H,28,31). The Kier molecular flexibility index (Phi) is 6.16. The van der Waals surface area contributed by atoms with Gasteiger partial charge in [-0.3, -0.25) is 9.59 Å². The highest BCUT2D eigenvalue weighted by molar-refractivity contribution is 5.98. The molecule has 6 nitrogen and oxygen atoms in total. The van der Waals surface area contributed by atoms with Gasteiger partial charge in [-0.25, -0.2) is 4.39 Å². The maximum Gasteiger partial charge on any atom is 0.257 e.